The fourth-order valence-corrected chi connectivity index (χ4v) is 4.96. The van der Waals surface area contributed by atoms with Crippen LogP contribution in [0.5, 0.6) is 0 Å². The van der Waals surface area contributed by atoms with E-state index in [4.69, 9.17) is 16.3 Å². The largest absolute Gasteiger partial charge is 0.477 e. The van der Waals surface area contributed by atoms with E-state index >= 15 is 4.39 Å². The van der Waals surface area contributed by atoms with Crippen molar-refractivity contribution in [2.45, 2.75) is 31.0 Å². The summed E-state index contributed by atoms with van der Waals surface area (Å²) in [5.74, 6) is -1.94. The number of benzene rings is 1. The molecule has 0 spiro atoms. The third-order valence-corrected chi connectivity index (χ3v) is 6.61. The van der Waals surface area contributed by atoms with Crippen molar-refractivity contribution in [2.75, 3.05) is 38.2 Å². The first-order valence-electron chi connectivity index (χ1n) is 9.73. The van der Waals surface area contributed by atoms with Crippen molar-refractivity contribution in [3.63, 3.8) is 0 Å². The molecule has 7 nitrogen and oxygen atoms in total. The van der Waals surface area contributed by atoms with Crippen molar-refractivity contribution in [2.24, 2.45) is 0 Å². The maximum absolute atomic E-state index is 15.2. The first-order valence-corrected chi connectivity index (χ1v) is 10.1. The summed E-state index contributed by atoms with van der Waals surface area (Å²) in [5.41, 5.74) is -0.420. The van der Waals surface area contributed by atoms with Gasteiger partial charge in [0.15, 0.2) is 0 Å². The van der Waals surface area contributed by atoms with Gasteiger partial charge in [0, 0.05) is 31.9 Å². The molecule has 1 saturated carbocycles. The zero-order valence-electron chi connectivity index (χ0n) is 15.9. The highest BCUT2D eigenvalue weighted by Gasteiger charge is 2.40. The van der Waals surface area contributed by atoms with Gasteiger partial charge in [-0.05, 0) is 26.0 Å². The molecule has 0 amide bonds. The second-order valence-electron chi connectivity index (χ2n) is 8.09. The lowest BCUT2D eigenvalue weighted by molar-refractivity contribution is -0.0362. The molecule has 1 aliphatic carbocycles. The molecule has 1 N–H and O–H groups in total. The number of hydrogen-bond donors (Lipinski definition) is 1. The molecule has 2 atom stereocenters. The first-order chi connectivity index (χ1) is 13.9. The Bertz CT molecular complexity index is 1080. The van der Waals surface area contributed by atoms with Gasteiger partial charge in [-0.1, -0.05) is 11.6 Å². The summed E-state index contributed by atoms with van der Waals surface area (Å²) in [6.45, 7) is 2.54. The molecule has 3 aliphatic rings. The number of carbonyl (C=O) groups is 1. The van der Waals surface area contributed by atoms with E-state index in [2.05, 4.69) is 4.90 Å². The predicted molar refractivity (Wildman–Crippen MR) is 107 cm³/mol. The summed E-state index contributed by atoms with van der Waals surface area (Å²) in [7, 11) is 2.03. The maximum Gasteiger partial charge on any atom is 0.341 e. The number of hydrogen-bond acceptors (Lipinski definition) is 5. The van der Waals surface area contributed by atoms with E-state index in [-0.39, 0.29) is 39.8 Å². The van der Waals surface area contributed by atoms with Crippen molar-refractivity contribution >= 4 is 34.2 Å². The van der Waals surface area contributed by atoms with Crippen molar-refractivity contribution in [3.05, 3.63) is 38.9 Å². The maximum atomic E-state index is 15.2. The minimum Gasteiger partial charge on any atom is -0.477 e. The number of morpholine rings is 1. The summed E-state index contributed by atoms with van der Waals surface area (Å²) in [6, 6.07) is 1.36. The highest BCUT2D eigenvalue weighted by atomic mass is 35.5. The van der Waals surface area contributed by atoms with Crippen molar-refractivity contribution < 1.29 is 19.0 Å². The van der Waals surface area contributed by atoms with Crippen LogP contribution in [-0.4, -0.2) is 66.0 Å². The van der Waals surface area contributed by atoms with Crippen LogP contribution in [-0.2, 0) is 4.74 Å². The Hall–Kier alpha value is -2.16. The number of likely N-dealkylation sites (N-methyl/N-ethyl adjacent to an activating group) is 1. The number of anilines is 1. The fraction of sp³-hybridized carbons (Fsp3) is 0.500. The number of ether oxygens (including phenoxy) is 1. The number of nitrogens with zero attached hydrogens (tertiary/aromatic N) is 3. The van der Waals surface area contributed by atoms with Gasteiger partial charge in [0.05, 0.1) is 40.4 Å². The van der Waals surface area contributed by atoms with Gasteiger partial charge in [0.25, 0.3) is 0 Å². The number of aromatic nitrogens is 1. The van der Waals surface area contributed by atoms with E-state index in [9.17, 15) is 14.7 Å². The van der Waals surface area contributed by atoms with Crippen LogP contribution in [0.25, 0.3) is 10.9 Å². The Morgan fingerprint density at radius 3 is 2.76 bits per heavy atom. The monoisotopic (exact) mass is 421 g/mol. The Morgan fingerprint density at radius 2 is 2.10 bits per heavy atom. The van der Waals surface area contributed by atoms with E-state index in [1.165, 1.54) is 6.20 Å². The topological polar surface area (TPSA) is 75.0 Å². The van der Waals surface area contributed by atoms with Gasteiger partial charge in [-0.25, -0.2) is 9.18 Å². The Balaban J connectivity index is 1.68. The number of aromatic carboxylic acids is 1. The lowest BCUT2D eigenvalue weighted by Crippen LogP contribution is -2.48. The van der Waals surface area contributed by atoms with Crippen LogP contribution in [0, 0.1) is 5.82 Å². The van der Waals surface area contributed by atoms with Crippen LogP contribution in [0.15, 0.2) is 17.1 Å². The van der Waals surface area contributed by atoms with Crippen LogP contribution >= 0.6 is 11.6 Å². The molecule has 1 aromatic heterocycles. The number of pyridine rings is 1. The van der Waals surface area contributed by atoms with Gasteiger partial charge in [-0.2, -0.15) is 0 Å². The first kappa shape index (κ1) is 18.8. The molecule has 0 radical (unpaired) electrons. The number of carboxylic acid groups (broad SMARTS) is 1. The van der Waals surface area contributed by atoms with E-state index < -0.39 is 17.2 Å². The van der Waals surface area contributed by atoms with Gasteiger partial charge in [0.2, 0.25) is 5.43 Å². The summed E-state index contributed by atoms with van der Waals surface area (Å²) >= 11 is 6.70. The average Bonchev–Trinajstić information content (AvgIpc) is 3.42. The lowest BCUT2D eigenvalue weighted by atomic mass is 10.1. The molecule has 2 saturated heterocycles. The van der Waals surface area contributed by atoms with Gasteiger partial charge in [-0.3, -0.25) is 9.69 Å². The summed E-state index contributed by atoms with van der Waals surface area (Å²) in [4.78, 5) is 28.3. The zero-order valence-corrected chi connectivity index (χ0v) is 16.7. The second kappa shape index (κ2) is 6.68. The quantitative estimate of drug-likeness (QED) is 0.820. The average molecular weight is 422 g/mol. The van der Waals surface area contributed by atoms with Gasteiger partial charge in [-0.15, -0.1) is 0 Å². The highest BCUT2D eigenvalue weighted by molar-refractivity contribution is 6.38. The molecular weight excluding hydrogens is 401 g/mol. The fourth-order valence-electron chi connectivity index (χ4n) is 4.55. The third kappa shape index (κ3) is 2.93. The van der Waals surface area contributed by atoms with E-state index in [1.807, 2.05) is 11.9 Å². The number of carboxylic acids is 1. The molecule has 3 heterocycles. The Kier molecular flexibility index (Phi) is 4.34. The molecule has 2 unspecified atom stereocenters. The molecule has 9 heteroatoms. The van der Waals surface area contributed by atoms with E-state index in [0.717, 1.165) is 25.5 Å². The zero-order chi connectivity index (χ0) is 20.4. The smallest absolute Gasteiger partial charge is 0.341 e. The van der Waals surface area contributed by atoms with Crippen LogP contribution in [0.2, 0.25) is 5.02 Å². The normalized spacial score (nSPS) is 24.9. The van der Waals surface area contributed by atoms with Crippen molar-refractivity contribution in [1.82, 2.24) is 9.47 Å². The standard InChI is InChI=1S/C20H21ClFN3O4/c1-23-4-5-29-15-9-24(8-14(15)23)18-13(22)6-11-17(16(18)21)25(10-2-3-10)7-12(19(11)26)20(27)28/h6-7,10,14-15H,2-5,8-9H2,1H3,(H,27,28). The molecule has 5 rings (SSSR count). The van der Waals surface area contributed by atoms with Crippen molar-refractivity contribution in [3.8, 4) is 0 Å². The van der Waals surface area contributed by atoms with Crippen LogP contribution in [0.3, 0.4) is 0 Å². The summed E-state index contributed by atoms with van der Waals surface area (Å²) < 4.78 is 22.8. The Morgan fingerprint density at radius 1 is 1.34 bits per heavy atom. The number of rotatable bonds is 3. The minimum absolute atomic E-state index is 0.00744. The van der Waals surface area contributed by atoms with Crippen LogP contribution in [0.4, 0.5) is 10.1 Å². The highest BCUT2D eigenvalue weighted by Crippen LogP contribution is 2.43. The molecule has 154 valence electrons. The predicted octanol–water partition coefficient (Wildman–Crippen LogP) is 2.35. The molecular formula is C20H21ClFN3O4. The van der Waals surface area contributed by atoms with Crippen LogP contribution < -0.4 is 10.3 Å². The summed E-state index contributed by atoms with van der Waals surface area (Å²) in [5, 5.41) is 9.56. The molecule has 2 aliphatic heterocycles. The lowest BCUT2D eigenvalue weighted by Gasteiger charge is -2.33. The third-order valence-electron chi connectivity index (χ3n) is 6.25. The molecule has 1 aromatic carbocycles. The van der Waals surface area contributed by atoms with E-state index in [1.54, 1.807) is 4.57 Å². The van der Waals surface area contributed by atoms with E-state index in [0.29, 0.717) is 25.2 Å². The van der Waals surface area contributed by atoms with Crippen LogP contribution in [0.1, 0.15) is 29.2 Å². The van der Waals surface area contributed by atoms with Gasteiger partial charge >= 0.3 is 5.97 Å². The minimum atomic E-state index is -1.32. The summed E-state index contributed by atoms with van der Waals surface area (Å²) in [6.07, 6.45) is 3.05. The molecule has 0 bridgehead atoms. The molecule has 3 fully saturated rings. The number of halogens is 2. The SMILES string of the molecule is CN1CCOC2CN(c3c(F)cc4c(=O)c(C(=O)O)cn(C5CC5)c4c3Cl)CC21. The Labute approximate surface area is 171 Å². The molecule has 2 aromatic rings. The van der Waals surface area contributed by atoms with Crippen molar-refractivity contribution in [1.29, 1.82) is 0 Å². The second-order valence-corrected chi connectivity index (χ2v) is 8.47. The number of fused-ring (bicyclic) bond motifs is 2. The van der Waals surface area contributed by atoms with Gasteiger partial charge in [0.1, 0.15) is 11.4 Å². The molecule has 29 heavy (non-hydrogen) atoms. The van der Waals surface area contributed by atoms with Gasteiger partial charge < -0.3 is 19.3 Å².